The summed E-state index contributed by atoms with van der Waals surface area (Å²) in [7, 11) is 1.28. The van der Waals surface area contributed by atoms with Crippen LogP contribution in [0.2, 0.25) is 0 Å². The molecule has 1 aromatic rings. The molecule has 1 heterocycles. The maximum atomic E-state index is 11.4. The quantitative estimate of drug-likeness (QED) is 0.627. The molecule has 2 N–H and O–H groups in total. The Kier molecular flexibility index (Phi) is 5.08. The molecule has 0 saturated carbocycles. The van der Waals surface area contributed by atoms with Gasteiger partial charge in [0.2, 0.25) is 5.91 Å². The number of hydrogen-bond acceptors (Lipinski definition) is 5. The van der Waals surface area contributed by atoms with E-state index in [0.717, 1.165) is 0 Å². The third kappa shape index (κ3) is 4.60. The molecule has 0 aliphatic carbocycles. The molecule has 0 radical (unpaired) electrons. The van der Waals surface area contributed by atoms with E-state index in [1.54, 1.807) is 0 Å². The van der Waals surface area contributed by atoms with Crippen molar-refractivity contribution in [2.45, 2.75) is 19.1 Å². The van der Waals surface area contributed by atoms with Gasteiger partial charge in [-0.05, 0) is 0 Å². The first-order chi connectivity index (χ1) is 8.13. The Bertz CT molecular complexity index is 365. The molecule has 0 bridgehead atoms. The summed E-state index contributed by atoms with van der Waals surface area (Å²) in [6, 6.07) is 0. The van der Waals surface area contributed by atoms with Gasteiger partial charge in [0.25, 0.3) is 0 Å². The van der Waals surface area contributed by atoms with E-state index in [-0.39, 0.29) is 18.9 Å². The summed E-state index contributed by atoms with van der Waals surface area (Å²) < 4.78 is 6.19. The van der Waals surface area contributed by atoms with Gasteiger partial charge in [0.1, 0.15) is 12.7 Å². The molecule has 0 aliphatic heterocycles. The highest BCUT2D eigenvalue weighted by atomic mass is 16.5. The fourth-order valence-corrected chi connectivity index (χ4v) is 1.13. The standard InChI is InChI=1S/C9H14N4O4/c1-17-7(9(15)16)4-11-8(14)2-3-13-6-10-5-12-13/h5-7H,2-4H2,1H3,(H,11,14)(H,15,16). The van der Waals surface area contributed by atoms with Gasteiger partial charge in [-0.15, -0.1) is 0 Å². The van der Waals surface area contributed by atoms with Crippen LogP contribution in [0.5, 0.6) is 0 Å². The van der Waals surface area contributed by atoms with Gasteiger partial charge in [0.05, 0.1) is 13.1 Å². The molecule has 94 valence electrons. The summed E-state index contributed by atoms with van der Waals surface area (Å²) in [5.74, 6) is -1.37. The number of carboxylic acid groups (broad SMARTS) is 1. The lowest BCUT2D eigenvalue weighted by atomic mass is 10.3. The molecule has 8 nitrogen and oxygen atoms in total. The van der Waals surface area contributed by atoms with Crippen molar-refractivity contribution in [2.24, 2.45) is 0 Å². The SMILES string of the molecule is COC(CNC(=O)CCn1cncn1)C(=O)O. The number of methoxy groups -OCH3 is 1. The molecule has 0 aliphatic rings. The predicted octanol–water partition coefficient (Wildman–Crippen LogP) is -1.12. The average Bonchev–Trinajstić information content (AvgIpc) is 2.79. The van der Waals surface area contributed by atoms with Crippen LogP contribution in [-0.2, 0) is 20.9 Å². The second kappa shape index (κ2) is 6.59. The minimum Gasteiger partial charge on any atom is -0.479 e. The first-order valence-corrected chi connectivity index (χ1v) is 4.98. The summed E-state index contributed by atoms with van der Waals surface area (Å²) in [5.41, 5.74) is 0. The molecular weight excluding hydrogens is 228 g/mol. The maximum Gasteiger partial charge on any atom is 0.334 e. The number of nitrogens with zero attached hydrogens (tertiary/aromatic N) is 3. The first kappa shape index (κ1) is 13.1. The second-order valence-electron chi connectivity index (χ2n) is 3.28. The summed E-state index contributed by atoms with van der Waals surface area (Å²) in [4.78, 5) is 25.7. The second-order valence-corrected chi connectivity index (χ2v) is 3.28. The fraction of sp³-hybridized carbons (Fsp3) is 0.556. The van der Waals surface area contributed by atoms with Gasteiger partial charge in [-0.2, -0.15) is 5.10 Å². The van der Waals surface area contributed by atoms with Crippen molar-refractivity contribution in [2.75, 3.05) is 13.7 Å². The number of rotatable bonds is 7. The van der Waals surface area contributed by atoms with E-state index in [2.05, 4.69) is 20.1 Å². The van der Waals surface area contributed by atoms with E-state index in [4.69, 9.17) is 5.11 Å². The number of carbonyl (C=O) groups excluding carboxylic acids is 1. The molecule has 0 saturated heterocycles. The van der Waals surface area contributed by atoms with Gasteiger partial charge < -0.3 is 15.2 Å². The van der Waals surface area contributed by atoms with E-state index in [0.29, 0.717) is 6.54 Å². The maximum absolute atomic E-state index is 11.4. The number of amides is 1. The molecule has 1 unspecified atom stereocenters. The van der Waals surface area contributed by atoms with Crippen molar-refractivity contribution in [3.05, 3.63) is 12.7 Å². The van der Waals surface area contributed by atoms with Crippen LogP contribution < -0.4 is 5.32 Å². The Morgan fingerprint density at radius 2 is 2.35 bits per heavy atom. The van der Waals surface area contributed by atoms with Gasteiger partial charge in [-0.1, -0.05) is 0 Å². The Balaban J connectivity index is 2.23. The summed E-state index contributed by atoms with van der Waals surface area (Å²) >= 11 is 0. The lowest BCUT2D eigenvalue weighted by Gasteiger charge is -2.11. The topological polar surface area (TPSA) is 106 Å². The average molecular weight is 242 g/mol. The van der Waals surface area contributed by atoms with Crippen molar-refractivity contribution in [1.29, 1.82) is 0 Å². The normalized spacial score (nSPS) is 12.1. The van der Waals surface area contributed by atoms with E-state index in [9.17, 15) is 9.59 Å². The monoisotopic (exact) mass is 242 g/mol. The summed E-state index contributed by atoms with van der Waals surface area (Å²) in [6.45, 7) is 0.346. The van der Waals surface area contributed by atoms with Crippen LogP contribution in [0, 0.1) is 0 Å². The highest BCUT2D eigenvalue weighted by Crippen LogP contribution is 1.90. The number of ether oxygens (including phenoxy) is 1. The van der Waals surface area contributed by atoms with Crippen LogP contribution in [0.15, 0.2) is 12.7 Å². The smallest absolute Gasteiger partial charge is 0.334 e. The minimum absolute atomic E-state index is 0.0535. The van der Waals surface area contributed by atoms with Gasteiger partial charge >= 0.3 is 5.97 Å². The van der Waals surface area contributed by atoms with Crippen LogP contribution in [0.1, 0.15) is 6.42 Å². The van der Waals surface area contributed by atoms with Gasteiger partial charge in [0.15, 0.2) is 6.10 Å². The number of aromatic nitrogens is 3. The number of nitrogens with one attached hydrogen (secondary N) is 1. The van der Waals surface area contributed by atoms with Crippen molar-refractivity contribution >= 4 is 11.9 Å². The highest BCUT2D eigenvalue weighted by molar-refractivity contribution is 5.78. The largest absolute Gasteiger partial charge is 0.479 e. The molecule has 0 fully saturated rings. The molecule has 0 aromatic carbocycles. The lowest BCUT2D eigenvalue weighted by molar-refractivity contribution is -0.148. The first-order valence-electron chi connectivity index (χ1n) is 4.98. The van der Waals surface area contributed by atoms with Crippen molar-refractivity contribution < 1.29 is 19.4 Å². The van der Waals surface area contributed by atoms with Gasteiger partial charge in [-0.3, -0.25) is 9.48 Å². The number of carbonyl (C=O) groups is 2. The zero-order valence-electron chi connectivity index (χ0n) is 9.37. The van der Waals surface area contributed by atoms with E-state index < -0.39 is 12.1 Å². The molecule has 1 atom stereocenters. The molecule has 1 aromatic heterocycles. The van der Waals surface area contributed by atoms with E-state index >= 15 is 0 Å². The zero-order chi connectivity index (χ0) is 12.7. The molecule has 0 spiro atoms. The summed E-state index contributed by atoms with van der Waals surface area (Å²) in [5, 5.41) is 15.0. The van der Waals surface area contributed by atoms with Crippen LogP contribution in [0.3, 0.4) is 0 Å². The van der Waals surface area contributed by atoms with E-state index in [1.807, 2.05) is 0 Å². The van der Waals surface area contributed by atoms with Crippen LogP contribution in [0.4, 0.5) is 0 Å². The Hall–Kier alpha value is -1.96. The van der Waals surface area contributed by atoms with Crippen LogP contribution in [0.25, 0.3) is 0 Å². The molecule has 1 rings (SSSR count). The molecule has 17 heavy (non-hydrogen) atoms. The Morgan fingerprint density at radius 1 is 1.59 bits per heavy atom. The van der Waals surface area contributed by atoms with Crippen LogP contribution >= 0.6 is 0 Å². The zero-order valence-corrected chi connectivity index (χ0v) is 9.37. The third-order valence-electron chi connectivity index (χ3n) is 2.08. The predicted molar refractivity (Wildman–Crippen MR) is 56.1 cm³/mol. The Morgan fingerprint density at radius 3 is 2.88 bits per heavy atom. The lowest BCUT2D eigenvalue weighted by Crippen LogP contribution is -2.38. The number of aryl methyl sites for hydroxylation is 1. The Labute approximate surface area is 97.6 Å². The third-order valence-corrected chi connectivity index (χ3v) is 2.08. The van der Waals surface area contributed by atoms with Crippen molar-refractivity contribution in [3.63, 3.8) is 0 Å². The van der Waals surface area contributed by atoms with Crippen molar-refractivity contribution in [1.82, 2.24) is 20.1 Å². The summed E-state index contributed by atoms with van der Waals surface area (Å²) in [6.07, 6.45) is 2.07. The van der Waals surface area contributed by atoms with E-state index in [1.165, 1.54) is 24.4 Å². The highest BCUT2D eigenvalue weighted by Gasteiger charge is 2.16. The number of carboxylic acids is 1. The number of aliphatic carboxylic acids is 1. The molecule has 8 heteroatoms. The van der Waals surface area contributed by atoms with Gasteiger partial charge in [-0.25, -0.2) is 9.78 Å². The number of hydrogen-bond donors (Lipinski definition) is 2. The molecular formula is C9H14N4O4. The van der Waals surface area contributed by atoms with Crippen molar-refractivity contribution in [3.8, 4) is 0 Å². The van der Waals surface area contributed by atoms with Crippen LogP contribution in [-0.4, -0.2) is 51.5 Å². The fourth-order valence-electron chi connectivity index (χ4n) is 1.13. The minimum atomic E-state index is -1.11. The molecule has 1 amide bonds. The van der Waals surface area contributed by atoms with Gasteiger partial charge in [0, 0.05) is 13.5 Å².